The maximum absolute atomic E-state index is 12.4. The van der Waals surface area contributed by atoms with Gasteiger partial charge in [-0.25, -0.2) is 13.1 Å². The lowest BCUT2D eigenvalue weighted by molar-refractivity contribution is 0.516. The predicted molar refractivity (Wildman–Crippen MR) is 86.6 cm³/mol. The Morgan fingerprint density at radius 1 is 1.30 bits per heavy atom. The molecule has 0 bridgehead atoms. The molecule has 0 aliphatic rings. The van der Waals surface area contributed by atoms with Gasteiger partial charge < -0.3 is 5.32 Å². The second kappa shape index (κ2) is 8.12. The minimum absolute atomic E-state index is 0.105. The molecule has 0 aliphatic heterocycles. The van der Waals surface area contributed by atoms with Crippen molar-refractivity contribution < 1.29 is 8.42 Å². The summed E-state index contributed by atoms with van der Waals surface area (Å²) in [6.07, 6.45) is 1.77. The normalized spacial score (nSPS) is 15.4. The minimum atomic E-state index is -3.31. The Balaban J connectivity index is 2.71. The molecule has 0 fully saturated rings. The van der Waals surface area contributed by atoms with Gasteiger partial charge in [0.15, 0.2) is 0 Å². The highest BCUT2D eigenvalue weighted by Gasteiger charge is 2.25. The molecular weight excluding hydrogens is 292 g/mol. The van der Waals surface area contributed by atoms with Crippen LogP contribution in [0.3, 0.4) is 0 Å². The molecule has 0 saturated heterocycles. The molecule has 6 heteroatoms. The summed E-state index contributed by atoms with van der Waals surface area (Å²) in [6.45, 7) is 8.31. The molecule has 0 aromatic carbocycles. The van der Waals surface area contributed by atoms with Crippen LogP contribution in [0.5, 0.6) is 0 Å². The lowest BCUT2D eigenvalue weighted by Crippen LogP contribution is -2.42. The molecule has 116 valence electrons. The molecule has 0 aliphatic carbocycles. The third kappa shape index (κ3) is 5.52. The molecule has 0 radical (unpaired) electrons. The second-order valence-electron chi connectivity index (χ2n) is 5.39. The van der Waals surface area contributed by atoms with E-state index in [2.05, 4.69) is 17.0 Å². The van der Waals surface area contributed by atoms with E-state index in [1.807, 2.05) is 31.4 Å². The van der Waals surface area contributed by atoms with Crippen molar-refractivity contribution in [1.82, 2.24) is 10.0 Å². The summed E-state index contributed by atoms with van der Waals surface area (Å²) in [5.41, 5.74) is 0. The highest BCUT2D eigenvalue weighted by molar-refractivity contribution is 7.90. The van der Waals surface area contributed by atoms with Crippen molar-refractivity contribution >= 4 is 21.4 Å². The zero-order valence-corrected chi connectivity index (χ0v) is 14.4. The SMILES string of the molecule is CCCC(NS(=O)(=O)C(C)CNC(C)C)c1cccs1. The molecule has 20 heavy (non-hydrogen) atoms. The highest BCUT2D eigenvalue weighted by atomic mass is 32.2. The molecule has 1 rings (SSSR count). The van der Waals surface area contributed by atoms with Crippen molar-refractivity contribution in [3.8, 4) is 0 Å². The predicted octanol–water partition coefficient (Wildman–Crippen LogP) is 2.90. The summed E-state index contributed by atoms with van der Waals surface area (Å²) >= 11 is 1.60. The number of rotatable bonds is 9. The van der Waals surface area contributed by atoms with Gasteiger partial charge in [0, 0.05) is 17.5 Å². The van der Waals surface area contributed by atoms with Crippen molar-refractivity contribution in [3.63, 3.8) is 0 Å². The van der Waals surface area contributed by atoms with Crippen molar-refractivity contribution in [2.75, 3.05) is 6.54 Å². The van der Waals surface area contributed by atoms with E-state index in [1.165, 1.54) is 0 Å². The first-order chi connectivity index (χ1) is 9.36. The van der Waals surface area contributed by atoms with Gasteiger partial charge in [0.05, 0.1) is 11.3 Å². The Bertz CT molecular complexity index is 469. The average molecular weight is 319 g/mol. The summed E-state index contributed by atoms with van der Waals surface area (Å²) in [5, 5.41) is 4.72. The van der Waals surface area contributed by atoms with Crippen molar-refractivity contribution in [2.45, 2.75) is 57.9 Å². The van der Waals surface area contributed by atoms with E-state index in [0.29, 0.717) is 6.54 Å². The molecule has 2 N–H and O–H groups in total. The summed E-state index contributed by atoms with van der Waals surface area (Å²) < 4.78 is 27.6. The van der Waals surface area contributed by atoms with Gasteiger partial charge in [-0.3, -0.25) is 0 Å². The Morgan fingerprint density at radius 2 is 2.00 bits per heavy atom. The molecule has 2 unspecified atom stereocenters. The zero-order valence-electron chi connectivity index (χ0n) is 12.7. The fraction of sp³-hybridized carbons (Fsp3) is 0.714. The van der Waals surface area contributed by atoms with Crippen LogP contribution in [0.4, 0.5) is 0 Å². The number of sulfonamides is 1. The zero-order chi connectivity index (χ0) is 15.2. The van der Waals surface area contributed by atoms with Gasteiger partial charge in [0.2, 0.25) is 10.0 Å². The van der Waals surface area contributed by atoms with Crippen molar-refractivity contribution in [1.29, 1.82) is 0 Å². The van der Waals surface area contributed by atoms with E-state index in [1.54, 1.807) is 18.3 Å². The van der Waals surface area contributed by atoms with Crippen molar-refractivity contribution in [3.05, 3.63) is 22.4 Å². The van der Waals surface area contributed by atoms with Gasteiger partial charge in [-0.2, -0.15) is 0 Å². The summed E-state index contributed by atoms with van der Waals surface area (Å²) in [6, 6.07) is 4.13. The van der Waals surface area contributed by atoms with E-state index in [4.69, 9.17) is 0 Å². The molecule has 4 nitrogen and oxygen atoms in total. The molecule has 0 saturated carbocycles. The third-order valence-corrected chi connectivity index (χ3v) is 5.94. The van der Waals surface area contributed by atoms with Gasteiger partial charge in [0.1, 0.15) is 0 Å². The second-order valence-corrected chi connectivity index (χ2v) is 8.50. The van der Waals surface area contributed by atoms with E-state index < -0.39 is 15.3 Å². The first-order valence-electron chi connectivity index (χ1n) is 7.14. The minimum Gasteiger partial charge on any atom is -0.313 e. The van der Waals surface area contributed by atoms with E-state index in [0.717, 1.165) is 17.7 Å². The largest absolute Gasteiger partial charge is 0.313 e. The van der Waals surface area contributed by atoms with Crippen LogP contribution < -0.4 is 10.0 Å². The quantitative estimate of drug-likeness (QED) is 0.736. The van der Waals surface area contributed by atoms with Crippen LogP contribution in [0.1, 0.15) is 51.5 Å². The number of hydrogen-bond acceptors (Lipinski definition) is 4. The third-order valence-electron chi connectivity index (χ3n) is 3.11. The molecular formula is C14H26N2O2S2. The van der Waals surface area contributed by atoms with Crippen LogP contribution in [-0.2, 0) is 10.0 Å². The van der Waals surface area contributed by atoms with Gasteiger partial charge >= 0.3 is 0 Å². The Labute approximate surface area is 127 Å². The summed E-state index contributed by atoms with van der Waals surface area (Å²) in [7, 11) is -3.31. The average Bonchev–Trinajstić information content (AvgIpc) is 2.88. The number of nitrogens with one attached hydrogen (secondary N) is 2. The van der Waals surface area contributed by atoms with Crippen LogP contribution in [0.15, 0.2) is 17.5 Å². The first-order valence-corrected chi connectivity index (χ1v) is 9.57. The maximum atomic E-state index is 12.4. The van der Waals surface area contributed by atoms with Crippen LogP contribution >= 0.6 is 11.3 Å². The molecule has 1 heterocycles. The van der Waals surface area contributed by atoms with Gasteiger partial charge in [-0.15, -0.1) is 11.3 Å². The van der Waals surface area contributed by atoms with E-state index in [9.17, 15) is 8.42 Å². The van der Waals surface area contributed by atoms with Crippen LogP contribution in [0, 0.1) is 0 Å². The fourth-order valence-corrected chi connectivity index (χ4v) is 3.94. The molecule has 0 amide bonds. The summed E-state index contributed by atoms with van der Waals surface area (Å²) in [4.78, 5) is 1.08. The van der Waals surface area contributed by atoms with Crippen molar-refractivity contribution in [2.24, 2.45) is 0 Å². The Hall–Kier alpha value is -0.430. The van der Waals surface area contributed by atoms with Crippen LogP contribution in [0.2, 0.25) is 0 Å². The highest BCUT2D eigenvalue weighted by Crippen LogP contribution is 2.24. The smallest absolute Gasteiger partial charge is 0.216 e. The lowest BCUT2D eigenvalue weighted by atomic mass is 10.1. The number of thiophene rings is 1. The standard InChI is InChI=1S/C14H26N2O2S2/c1-5-7-13(14-8-6-9-19-14)16-20(17,18)12(4)10-15-11(2)3/h6,8-9,11-13,15-16H,5,7,10H2,1-4H3. The molecule has 1 aromatic heterocycles. The van der Waals surface area contributed by atoms with E-state index >= 15 is 0 Å². The first kappa shape index (κ1) is 17.6. The van der Waals surface area contributed by atoms with Crippen LogP contribution in [-0.4, -0.2) is 26.3 Å². The fourth-order valence-electron chi connectivity index (χ4n) is 1.86. The number of hydrogen-bond donors (Lipinski definition) is 2. The monoisotopic (exact) mass is 318 g/mol. The van der Waals surface area contributed by atoms with E-state index in [-0.39, 0.29) is 12.1 Å². The van der Waals surface area contributed by atoms with Gasteiger partial charge in [-0.1, -0.05) is 33.3 Å². The lowest BCUT2D eigenvalue weighted by Gasteiger charge is -2.21. The molecule has 1 aromatic rings. The van der Waals surface area contributed by atoms with Crippen LogP contribution in [0.25, 0.3) is 0 Å². The Kier molecular flexibility index (Phi) is 7.15. The Morgan fingerprint density at radius 3 is 2.50 bits per heavy atom. The molecule has 2 atom stereocenters. The topological polar surface area (TPSA) is 58.2 Å². The van der Waals surface area contributed by atoms with Gasteiger partial charge in [-0.05, 0) is 24.8 Å². The molecule has 0 spiro atoms. The maximum Gasteiger partial charge on any atom is 0.216 e. The van der Waals surface area contributed by atoms with Gasteiger partial charge in [0.25, 0.3) is 0 Å². The summed E-state index contributed by atoms with van der Waals surface area (Å²) in [5.74, 6) is 0.